The van der Waals surface area contributed by atoms with E-state index in [2.05, 4.69) is 25.5 Å². The van der Waals surface area contributed by atoms with Crippen LogP contribution in [0.25, 0.3) is 21.7 Å². The lowest BCUT2D eigenvalue weighted by Gasteiger charge is -2.33. The third kappa shape index (κ3) is 4.05. The minimum absolute atomic E-state index is 0.196. The van der Waals surface area contributed by atoms with Crippen LogP contribution in [0.2, 0.25) is 0 Å². The van der Waals surface area contributed by atoms with E-state index in [1.165, 1.54) is 5.56 Å². The van der Waals surface area contributed by atoms with Crippen LogP contribution in [0.15, 0.2) is 63.9 Å². The molecule has 0 saturated carbocycles. The fourth-order valence-corrected chi connectivity index (χ4v) is 6.08. The zero-order valence-electron chi connectivity index (χ0n) is 20.1. The Labute approximate surface area is 201 Å². The Morgan fingerprint density at radius 3 is 2.41 bits per heavy atom. The molecule has 1 atom stereocenters. The Balaban J connectivity index is 1.61. The number of hydrogen-bond acceptors (Lipinski definition) is 4. The summed E-state index contributed by atoms with van der Waals surface area (Å²) in [4.78, 5) is 0.196. The summed E-state index contributed by atoms with van der Waals surface area (Å²) in [7, 11) is -3.78. The van der Waals surface area contributed by atoms with Crippen molar-refractivity contribution in [2.24, 2.45) is 11.3 Å². The fourth-order valence-electron chi connectivity index (χ4n) is 5.01. The topological polar surface area (TPSA) is 68.5 Å². The van der Waals surface area contributed by atoms with Crippen molar-refractivity contribution in [1.82, 2.24) is 0 Å². The summed E-state index contributed by atoms with van der Waals surface area (Å²) in [5.74, 6) is 2.23. The van der Waals surface area contributed by atoms with Crippen molar-refractivity contribution in [3.05, 3.63) is 65.9 Å². The van der Waals surface area contributed by atoms with E-state index in [1.54, 1.807) is 24.3 Å². The predicted molar refractivity (Wildman–Crippen MR) is 137 cm³/mol. The van der Waals surface area contributed by atoms with Crippen LogP contribution in [0.4, 0.5) is 5.69 Å². The maximum absolute atomic E-state index is 13.3. The minimum Gasteiger partial charge on any atom is -0.494 e. The fraction of sp³-hybridized carbons (Fsp3) is 0.357. The Bertz CT molecular complexity index is 1460. The minimum atomic E-state index is -3.78. The second kappa shape index (κ2) is 8.35. The number of rotatable bonds is 5. The standard InChI is InChI=1S/C28H31NO4S/c1-5-32-19-11-13-20(14-12-19)34(30,31)29-25-17-24-23-16-18(28(2,3)4)10-15-26(23)33-27(24)22-9-7-6-8-21(22)25/h6-9,11-14,17-18,29H,5,10,15-16H2,1-4H3/t18-/m0/s1. The van der Waals surface area contributed by atoms with E-state index in [-0.39, 0.29) is 10.3 Å². The maximum Gasteiger partial charge on any atom is 0.261 e. The molecule has 5 nitrogen and oxygen atoms in total. The molecular weight excluding hydrogens is 446 g/mol. The molecule has 0 saturated heterocycles. The molecule has 0 aliphatic heterocycles. The van der Waals surface area contributed by atoms with Gasteiger partial charge in [0.15, 0.2) is 0 Å². The Morgan fingerprint density at radius 2 is 1.74 bits per heavy atom. The molecule has 0 unspecified atom stereocenters. The van der Waals surface area contributed by atoms with Crippen molar-refractivity contribution < 1.29 is 17.6 Å². The molecule has 0 fully saturated rings. The molecule has 6 heteroatoms. The maximum atomic E-state index is 13.3. The second-order valence-corrected chi connectivity index (χ2v) is 11.8. The van der Waals surface area contributed by atoms with Crippen LogP contribution < -0.4 is 9.46 Å². The first kappa shape index (κ1) is 22.8. The van der Waals surface area contributed by atoms with Crippen LogP contribution in [0.3, 0.4) is 0 Å². The van der Waals surface area contributed by atoms with Gasteiger partial charge in [0.1, 0.15) is 17.1 Å². The molecule has 0 bridgehead atoms. The van der Waals surface area contributed by atoms with Crippen molar-refractivity contribution in [3.63, 3.8) is 0 Å². The smallest absolute Gasteiger partial charge is 0.261 e. The zero-order valence-corrected chi connectivity index (χ0v) is 21.0. The van der Waals surface area contributed by atoms with Gasteiger partial charge in [-0.25, -0.2) is 8.42 Å². The molecule has 0 amide bonds. The molecule has 0 radical (unpaired) electrons. The zero-order chi connectivity index (χ0) is 24.1. The molecule has 1 aliphatic carbocycles. The summed E-state index contributed by atoms with van der Waals surface area (Å²) in [6, 6.07) is 16.3. The van der Waals surface area contributed by atoms with Gasteiger partial charge in [-0.15, -0.1) is 0 Å². The first-order chi connectivity index (χ1) is 16.2. The summed E-state index contributed by atoms with van der Waals surface area (Å²) >= 11 is 0. The Hall–Kier alpha value is -2.99. The molecular formula is C28H31NO4S. The van der Waals surface area contributed by atoms with Crippen LogP contribution in [0.1, 0.15) is 45.4 Å². The van der Waals surface area contributed by atoms with Crippen LogP contribution in [0, 0.1) is 11.3 Å². The predicted octanol–water partition coefficient (Wildman–Crippen LogP) is 6.94. The van der Waals surface area contributed by atoms with E-state index in [0.29, 0.717) is 24.0 Å². The average molecular weight is 478 g/mol. The highest BCUT2D eigenvalue weighted by Gasteiger charge is 2.32. The highest BCUT2D eigenvalue weighted by atomic mass is 32.2. The number of benzene rings is 3. The van der Waals surface area contributed by atoms with E-state index in [0.717, 1.165) is 46.8 Å². The van der Waals surface area contributed by atoms with E-state index in [4.69, 9.17) is 9.15 Å². The van der Waals surface area contributed by atoms with Gasteiger partial charge in [-0.3, -0.25) is 4.72 Å². The summed E-state index contributed by atoms with van der Waals surface area (Å²) in [6.45, 7) is 9.29. The quantitative estimate of drug-likeness (QED) is 0.338. The van der Waals surface area contributed by atoms with Gasteiger partial charge in [-0.2, -0.15) is 0 Å². The van der Waals surface area contributed by atoms with Gasteiger partial charge in [0, 0.05) is 28.1 Å². The molecule has 34 heavy (non-hydrogen) atoms. The largest absolute Gasteiger partial charge is 0.494 e. The van der Waals surface area contributed by atoms with E-state index in [9.17, 15) is 8.42 Å². The van der Waals surface area contributed by atoms with Crippen molar-refractivity contribution in [2.45, 2.75) is 51.9 Å². The van der Waals surface area contributed by atoms with Crippen molar-refractivity contribution in [2.75, 3.05) is 11.3 Å². The third-order valence-corrected chi connectivity index (χ3v) is 8.35. The van der Waals surface area contributed by atoms with Crippen molar-refractivity contribution in [1.29, 1.82) is 0 Å². The first-order valence-corrected chi connectivity index (χ1v) is 13.4. The number of hydrogen-bond donors (Lipinski definition) is 1. The summed E-state index contributed by atoms with van der Waals surface area (Å²) in [5, 5.41) is 2.75. The van der Waals surface area contributed by atoms with Gasteiger partial charge in [-0.1, -0.05) is 45.0 Å². The molecule has 0 spiro atoms. The van der Waals surface area contributed by atoms with Crippen LogP contribution in [0.5, 0.6) is 5.75 Å². The second-order valence-electron chi connectivity index (χ2n) is 10.2. The first-order valence-electron chi connectivity index (χ1n) is 11.9. The Kier molecular flexibility index (Phi) is 5.59. The lowest BCUT2D eigenvalue weighted by atomic mass is 9.71. The van der Waals surface area contributed by atoms with Crippen molar-refractivity contribution >= 4 is 37.5 Å². The summed E-state index contributed by atoms with van der Waals surface area (Å²) < 4.78 is 41.2. The average Bonchev–Trinajstić information content (AvgIpc) is 3.17. The Morgan fingerprint density at radius 1 is 1.03 bits per heavy atom. The van der Waals surface area contributed by atoms with Gasteiger partial charge in [-0.05, 0) is 61.4 Å². The number of fused-ring (bicyclic) bond motifs is 5. The summed E-state index contributed by atoms with van der Waals surface area (Å²) in [5.41, 5.74) is 2.84. The van der Waals surface area contributed by atoms with Gasteiger partial charge < -0.3 is 9.15 Å². The number of anilines is 1. The molecule has 1 aliphatic rings. The highest BCUT2D eigenvalue weighted by Crippen LogP contribution is 2.44. The number of aryl methyl sites for hydroxylation is 1. The van der Waals surface area contributed by atoms with Crippen LogP contribution in [-0.4, -0.2) is 15.0 Å². The molecule has 4 aromatic rings. The highest BCUT2D eigenvalue weighted by molar-refractivity contribution is 7.92. The van der Waals surface area contributed by atoms with E-state index in [1.807, 2.05) is 37.3 Å². The third-order valence-electron chi connectivity index (χ3n) is 6.97. The summed E-state index contributed by atoms with van der Waals surface area (Å²) in [6.07, 6.45) is 2.95. The molecule has 1 heterocycles. The molecule has 1 aromatic heterocycles. The van der Waals surface area contributed by atoms with Gasteiger partial charge in [0.25, 0.3) is 10.0 Å². The van der Waals surface area contributed by atoms with Gasteiger partial charge >= 0.3 is 0 Å². The SMILES string of the molecule is CCOc1ccc(S(=O)(=O)Nc2cc3c4c(oc3c3ccccc23)CC[C@H](C(C)(C)C)C4)cc1. The van der Waals surface area contributed by atoms with Crippen molar-refractivity contribution in [3.8, 4) is 5.75 Å². The number of furan rings is 1. The number of nitrogens with one attached hydrogen (secondary N) is 1. The van der Waals surface area contributed by atoms with E-state index >= 15 is 0 Å². The van der Waals surface area contributed by atoms with Crippen LogP contribution in [-0.2, 0) is 22.9 Å². The molecule has 1 N–H and O–H groups in total. The molecule has 5 rings (SSSR count). The van der Waals surface area contributed by atoms with Crippen LogP contribution >= 0.6 is 0 Å². The van der Waals surface area contributed by atoms with E-state index < -0.39 is 10.0 Å². The van der Waals surface area contributed by atoms with Gasteiger partial charge in [0.05, 0.1) is 17.2 Å². The lowest BCUT2D eigenvalue weighted by molar-refractivity contribution is 0.210. The number of sulfonamides is 1. The molecule has 178 valence electrons. The molecule has 3 aromatic carbocycles. The monoisotopic (exact) mass is 477 g/mol. The number of ether oxygens (including phenoxy) is 1. The van der Waals surface area contributed by atoms with Gasteiger partial charge in [0.2, 0.25) is 0 Å². The normalized spacial score (nSPS) is 16.5. The lowest BCUT2D eigenvalue weighted by Crippen LogP contribution is -2.26.